The Hall–Kier alpha value is -2.66. The molecule has 0 unspecified atom stereocenters. The van der Waals surface area contributed by atoms with E-state index in [4.69, 9.17) is 4.74 Å². The standard InChI is InChI=1S/C18H18N2O3/c1-23-16-9-5-2-6-13(16)12-17-19-15-8-4-3-7-14(15)18(22)20(17)10-11-21/h2-9,21H,10-12H2,1H3. The molecule has 5 heteroatoms. The normalized spacial score (nSPS) is 10.9. The van der Waals surface area contributed by atoms with Crippen molar-refractivity contribution >= 4 is 10.9 Å². The third-order valence-electron chi connectivity index (χ3n) is 3.81. The first-order valence-electron chi connectivity index (χ1n) is 7.46. The molecule has 1 heterocycles. The van der Waals surface area contributed by atoms with Gasteiger partial charge in [0, 0.05) is 12.0 Å². The van der Waals surface area contributed by atoms with Crippen molar-refractivity contribution in [2.45, 2.75) is 13.0 Å². The number of benzene rings is 2. The minimum Gasteiger partial charge on any atom is -0.496 e. The molecule has 0 radical (unpaired) electrons. The van der Waals surface area contributed by atoms with Crippen LogP contribution < -0.4 is 10.3 Å². The summed E-state index contributed by atoms with van der Waals surface area (Å²) in [7, 11) is 1.62. The molecule has 3 aromatic rings. The fraction of sp³-hybridized carbons (Fsp3) is 0.222. The number of fused-ring (bicyclic) bond motifs is 1. The van der Waals surface area contributed by atoms with Crippen molar-refractivity contribution in [3.05, 3.63) is 70.3 Å². The van der Waals surface area contributed by atoms with Crippen LogP contribution in [0.15, 0.2) is 53.3 Å². The molecule has 0 fully saturated rings. The van der Waals surface area contributed by atoms with E-state index in [-0.39, 0.29) is 18.7 Å². The molecule has 0 bridgehead atoms. The third kappa shape index (κ3) is 2.96. The lowest BCUT2D eigenvalue weighted by molar-refractivity contribution is 0.272. The summed E-state index contributed by atoms with van der Waals surface area (Å²) in [5, 5.41) is 9.86. The first kappa shape index (κ1) is 15.2. The van der Waals surface area contributed by atoms with Crippen LogP contribution in [0, 0.1) is 0 Å². The average Bonchev–Trinajstić information content (AvgIpc) is 2.59. The minimum absolute atomic E-state index is 0.112. The number of hydrogen-bond donors (Lipinski definition) is 1. The van der Waals surface area contributed by atoms with Gasteiger partial charge in [0.1, 0.15) is 11.6 Å². The van der Waals surface area contributed by atoms with E-state index < -0.39 is 0 Å². The fourth-order valence-electron chi connectivity index (χ4n) is 2.70. The Morgan fingerprint density at radius 3 is 2.65 bits per heavy atom. The summed E-state index contributed by atoms with van der Waals surface area (Å²) in [4.78, 5) is 17.3. The van der Waals surface area contributed by atoms with E-state index in [0.717, 1.165) is 11.3 Å². The van der Waals surface area contributed by atoms with Crippen molar-refractivity contribution in [2.75, 3.05) is 13.7 Å². The lowest BCUT2D eigenvalue weighted by atomic mass is 10.1. The second-order valence-electron chi connectivity index (χ2n) is 5.21. The molecule has 0 atom stereocenters. The summed E-state index contributed by atoms with van der Waals surface area (Å²) < 4.78 is 6.91. The molecule has 1 aromatic heterocycles. The zero-order valence-electron chi connectivity index (χ0n) is 12.9. The summed E-state index contributed by atoms with van der Waals surface area (Å²) in [6, 6.07) is 14.9. The molecule has 1 N–H and O–H groups in total. The lowest BCUT2D eigenvalue weighted by Crippen LogP contribution is -2.27. The van der Waals surface area contributed by atoms with E-state index in [9.17, 15) is 9.90 Å². The number of methoxy groups -OCH3 is 1. The molecule has 0 aliphatic heterocycles. The van der Waals surface area contributed by atoms with Crippen LogP contribution in [-0.2, 0) is 13.0 Å². The maximum Gasteiger partial charge on any atom is 0.261 e. The molecule has 2 aromatic carbocycles. The number of hydrogen-bond acceptors (Lipinski definition) is 4. The van der Waals surface area contributed by atoms with Crippen LogP contribution in [0.2, 0.25) is 0 Å². The van der Waals surface area contributed by atoms with Gasteiger partial charge in [-0.1, -0.05) is 30.3 Å². The van der Waals surface area contributed by atoms with Crippen LogP contribution in [0.5, 0.6) is 5.75 Å². The predicted molar refractivity (Wildman–Crippen MR) is 88.9 cm³/mol. The summed E-state index contributed by atoms with van der Waals surface area (Å²) in [6.45, 7) is 0.111. The fourth-order valence-corrected chi connectivity index (χ4v) is 2.70. The van der Waals surface area contributed by atoms with Crippen molar-refractivity contribution < 1.29 is 9.84 Å². The van der Waals surface area contributed by atoms with E-state index in [2.05, 4.69) is 4.98 Å². The molecule has 5 nitrogen and oxygen atoms in total. The van der Waals surface area contributed by atoms with Crippen molar-refractivity contribution in [3.63, 3.8) is 0 Å². The number of aromatic nitrogens is 2. The molecule has 118 valence electrons. The number of nitrogens with zero attached hydrogens (tertiary/aromatic N) is 2. The second-order valence-corrected chi connectivity index (χ2v) is 5.21. The van der Waals surface area contributed by atoms with Gasteiger partial charge in [-0.05, 0) is 18.2 Å². The largest absolute Gasteiger partial charge is 0.496 e. The molecule has 0 spiro atoms. The number of aliphatic hydroxyl groups excluding tert-OH is 1. The van der Waals surface area contributed by atoms with Crippen molar-refractivity contribution in [1.29, 1.82) is 0 Å². The quantitative estimate of drug-likeness (QED) is 0.783. The van der Waals surface area contributed by atoms with E-state index in [1.54, 1.807) is 13.2 Å². The predicted octanol–water partition coefficient (Wildman–Crippen LogP) is 1.99. The van der Waals surface area contributed by atoms with Gasteiger partial charge in [-0.15, -0.1) is 0 Å². The van der Waals surface area contributed by atoms with Crippen LogP contribution in [0.4, 0.5) is 0 Å². The van der Waals surface area contributed by atoms with Crippen LogP contribution in [0.25, 0.3) is 10.9 Å². The van der Waals surface area contributed by atoms with Crippen molar-refractivity contribution in [2.24, 2.45) is 0 Å². The first-order chi connectivity index (χ1) is 11.2. The summed E-state index contributed by atoms with van der Waals surface area (Å²) in [5.74, 6) is 1.37. The lowest BCUT2D eigenvalue weighted by Gasteiger charge is -2.14. The molecule has 0 aliphatic rings. The Kier molecular flexibility index (Phi) is 4.39. The maximum absolute atomic E-state index is 12.7. The topological polar surface area (TPSA) is 64.3 Å². The van der Waals surface area contributed by atoms with Crippen molar-refractivity contribution in [1.82, 2.24) is 9.55 Å². The van der Waals surface area contributed by atoms with Gasteiger partial charge in [0.05, 0.1) is 31.2 Å². The number of rotatable bonds is 5. The monoisotopic (exact) mass is 310 g/mol. The number of aliphatic hydroxyl groups is 1. The van der Waals surface area contributed by atoms with Crippen LogP contribution in [-0.4, -0.2) is 28.4 Å². The number of ether oxygens (including phenoxy) is 1. The van der Waals surface area contributed by atoms with E-state index in [0.29, 0.717) is 23.1 Å². The molecule has 0 saturated heterocycles. The van der Waals surface area contributed by atoms with Crippen LogP contribution in [0.1, 0.15) is 11.4 Å². The highest BCUT2D eigenvalue weighted by Crippen LogP contribution is 2.20. The summed E-state index contributed by atoms with van der Waals surface area (Å²) in [6.07, 6.45) is 0.462. The Bertz CT molecular complexity index is 887. The van der Waals surface area contributed by atoms with E-state index >= 15 is 0 Å². The van der Waals surface area contributed by atoms with E-state index in [1.807, 2.05) is 42.5 Å². The van der Waals surface area contributed by atoms with Gasteiger partial charge in [-0.3, -0.25) is 9.36 Å². The van der Waals surface area contributed by atoms with Crippen LogP contribution >= 0.6 is 0 Å². The zero-order chi connectivity index (χ0) is 16.2. The first-order valence-corrected chi connectivity index (χ1v) is 7.46. The smallest absolute Gasteiger partial charge is 0.261 e. The molecule has 0 aliphatic carbocycles. The highest BCUT2D eigenvalue weighted by atomic mass is 16.5. The maximum atomic E-state index is 12.7. The van der Waals surface area contributed by atoms with Gasteiger partial charge in [-0.25, -0.2) is 4.98 Å². The average molecular weight is 310 g/mol. The molecular weight excluding hydrogens is 292 g/mol. The van der Waals surface area contributed by atoms with Gasteiger partial charge in [-0.2, -0.15) is 0 Å². The highest BCUT2D eigenvalue weighted by Gasteiger charge is 2.13. The third-order valence-corrected chi connectivity index (χ3v) is 3.81. The van der Waals surface area contributed by atoms with Gasteiger partial charge in [0.2, 0.25) is 0 Å². The van der Waals surface area contributed by atoms with Gasteiger partial charge < -0.3 is 9.84 Å². The van der Waals surface area contributed by atoms with E-state index in [1.165, 1.54) is 4.57 Å². The molecule has 3 rings (SSSR count). The zero-order valence-corrected chi connectivity index (χ0v) is 12.9. The summed E-state index contributed by atoms with van der Waals surface area (Å²) >= 11 is 0. The van der Waals surface area contributed by atoms with Gasteiger partial charge >= 0.3 is 0 Å². The number of para-hydroxylation sites is 2. The molecule has 23 heavy (non-hydrogen) atoms. The molecular formula is C18H18N2O3. The second kappa shape index (κ2) is 6.62. The molecule has 0 saturated carbocycles. The van der Waals surface area contributed by atoms with Gasteiger partial charge in [0.15, 0.2) is 0 Å². The SMILES string of the molecule is COc1ccccc1Cc1nc2ccccc2c(=O)n1CCO. The van der Waals surface area contributed by atoms with Crippen molar-refractivity contribution in [3.8, 4) is 5.75 Å². The van der Waals surface area contributed by atoms with Gasteiger partial charge in [0.25, 0.3) is 5.56 Å². The minimum atomic E-state index is -0.130. The Labute approximate surface area is 133 Å². The Balaban J connectivity index is 2.15. The molecule has 0 amide bonds. The highest BCUT2D eigenvalue weighted by molar-refractivity contribution is 5.77. The summed E-state index contributed by atoms with van der Waals surface area (Å²) in [5.41, 5.74) is 1.48. The Morgan fingerprint density at radius 2 is 1.87 bits per heavy atom. The Morgan fingerprint density at radius 1 is 1.13 bits per heavy atom. The van der Waals surface area contributed by atoms with Crippen LogP contribution in [0.3, 0.4) is 0 Å².